The smallest absolute Gasteiger partial charge is 0.261 e. The van der Waals surface area contributed by atoms with Gasteiger partial charge in [-0.15, -0.1) is 0 Å². The number of nitrogens with one attached hydrogen (secondary N) is 1. The van der Waals surface area contributed by atoms with Crippen LogP contribution < -0.4 is 10.1 Å². The molecule has 0 saturated heterocycles. The summed E-state index contributed by atoms with van der Waals surface area (Å²) in [6.07, 6.45) is 0.132. The lowest BCUT2D eigenvalue weighted by Crippen LogP contribution is -2.39. The maximum absolute atomic E-state index is 12.7. The molecule has 0 aliphatic heterocycles. The molecule has 25 heavy (non-hydrogen) atoms. The monoisotopic (exact) mass is 339 g/mol. The normalized spacial score (nSPS) is 13.2. The van der Waals surface area contributed by atoms with E-state index in [0.717, 1.165) is 22.4 Å². The molecule has 3 heteroatoms. The average molecular weight is 339 g/mol. The molecule has 3 nitrogen and oxygen atoms in total. The maximum Gasteiger partial charge on any atom is 0.261 e. The Kier molecular flexibility index (Phi) is 6.24. The third-order valence-corrected chi connectivity index (χ3v) is 4.39. The Morgan fingerprint density at radius 2 is 1.64 bits per heavy atom. The lowest BCUT2D eigenvalue weighted by atomic mass is 10.00. The predicted molar refractivity (Wildman–Crippen MR) is 103 cm³/mol. The molecule has 2 atom stereocenters. The van der Waals surface area contributed by atoms with Crippen molar-refractivity contribution in [3.63, 3.8) is 0 Å². The van der Waals surface area contributed by atoms with Gasteiger partial charge in [-0.05, 0) is 75.4 Å². The van der Waals surface area contributed by atoms with Crippen LogP contribution in [-0.2, 0) is 4.79 Å². The molecule has 2 rings (SSSR count). The molecule has 0 heterocycles. The van der Waals surface area contributed by atoms with Crippen molar-refractivity contribution in [3.8, 4) is 5.75 Å². The third kappa shape index (κ3) is 5.09. The van der Waals surface area contributed by atoms with Gasteiger partial charge in [-0.25, -0.2) is 0 Å². The van der Waals surface area contributed by atoms with Gasteiger partial charge in [0.05, 0.1) is 6.04 Å². The summed E-state index contributed by atoms with van der Waals surface area (Å²) < 4.78 is 5.96. The summed E-state index contributed by atoms with van der Waals surface area (Å²) in [5, 5.41) is 3.09. The minimum absolute atomic E-state index is 0.0509. The van der Waals surface area contributed by atoms with Crippen molar-refractivity contribution in [3.05, 3.63) is 64.2 Å². The number of amides is 1. The minimum Gasteiger partial charge on any atom is -0.481 e. The molecule has 2 aromatic rings. The van der Waals surface area contributed by atoms with E-state index in [1.54, 1.807) is 0 Å². The molecule has 0 aliphatic carbocycles. The molecule has 1 N–H and O–H groups in total. The van der Waals surface area contributed by atoms with Gasteiger partial charge >= 0.3 is 0 Å². The van der Waals surface area contributed by atoms with E-state index in [1.165, 1.54) is 11.1 Å². The van der Waals surface area contributed by atoms with E-state index in [9.17, 15) is 4.79 Å². The number of carbonyl (C=O) groups is 1. The molecule has 0 aromatic heterocycles. The average Bonchev–Trinajstić information content (AvgIpc) is 2.51. The van der Waals surface area contributed by atoms with Crippen molar-refractivity contribution in [2.24, 2.45) is 0 Å². The first-order valence-corrected chi connectivity index (χ1v) is 8.92. The Labute approximate surface area is 151 Å². The zero-order valence-electron chi connectivity index (χ0n) is 16.1. The van der Waals surface area contributed by atoms with E-state index in [4.69, 9.17) is 4.74 Å². The van der Waals surface area contributed by atoms with Crippen LogP contribution in [0.15, 0.2) is 36.4 Å². The number of rotatable bonds is 6. The summed E-state index contributed by atoms with van der Waals surface area (Å²) in [5.74, 6) is 0.674. The topological polar surface area (TPSA) is 38.3 Å². The van der Waals surface area contributed by atoms with E-state index in [-0.39, 0.29) is 11.9 Å². The van der Waals surface area contributed by atoms with Crippen molar-refractivity contribution < 1.29 is 9.53 Å². The van der Waals surface area contributed by atoms with Crippen LogP contribution in [0.1, 0.15) is 54.1 Å². The number of ether oxygens (including phenoxy) is 1. The molecule has 0 spiro atoms. The van der Waals surface area contributed by atoms with Crippen LogP contribution in [0.2, 0.25) is 0 Å². The Bertz CT molecular complexity index is 731. The van der Waals surface area contributed by atoms with Gasteiger partial charge < -0.3 is 10.1 Å². The summed E-state index contributed by atoms with van der Waals surface area (Å²) in [6, 6.07) is 12.3. The standard InChI is InChI=1S/C22H29NO2/c1-7-21(25-19-12-15(3)10-16(4)13-19)22(24)23-18(6)20-9-8-14(2)11-17(20)5/h8-13,18,21H,7H2,1-6H3,(H,23,24)/t18-,21-/m1/s1. The molecule has 0 saturated carbocycles. The van der Waals surface area contributed by atoms with Crippen LogP contribution in [0.25, 0.3) is 0 Å². The second kappa shape index (κ2) is 8.19. The molecular formula is C22H29NO2. The van der Waals surface area contributed by atoms with Crippen molar-refractivity contribution in [1.29, 1.82) is 0 Å². The number of carbonyl (C=O) groups excluding carboxylic acids is 1. The van der Waals surface area contributed by atoms with Gasteiger partial charge in [-0.1, -0.05) is 36.8 Å². The zero-order chi connectivity index (χ0) is 18.6. The summed E-state index contributed by atoms with van der Waals surface area (Å²) in [7, 11) is 0. The van der Waals surface area contributed by atoms with Gasteiger partial charge in [-0.2, -0.15) is 0 Å². The molecule has 0 radical (unpaired) electrons. The van der Waals surface area contributed by atoms with Crippen LogP contribution in [0.5, 0.6) is 5.75 Å². The summed E-state index contributed by atoms with van der Waals surface area (Å²) in [4.78, 5) is 12.7. The fraction of sp³-hybridized carbons (Fsp3) is 0.409. The van der Waals surface area contributed by atoms with Crippen molar-refractivity contribution in [1.82, 2.24) is 5.32 Å². The predicted octanol–water partition coefficient (Wildman–Crippen LogP) is 4.96. The highest BCUT2D eigenvalue weighted by Crippen LogP contribution is 2.21. The van der Waals surface area contributed by atoms with Crippen LogP contribution in [0.4, 0.5) is 0 Å². The number of hydrogen-bond acceptors (Lipinski definition) is 2. The summed E-state index contributed by atoms with van der Waals surface area (Å²) in [6.45, 7) is 12.2. The Balaban J connectivity index is 2.08. The fourth-order valence-electron chi connectivity index (χ4n) is 3.18. The van der Waals surface area contributed by atoms with E-state index < -0.39 is 6.10 Å². The molecule has 0 fully saturated rings. The Morgan fingerprint density at radius 3 is 2.20 bits per heavy atom. The van der Waals surface area contributed by atoms with E-state index in [0.29, 0.717) is 6.42 Å². The highest BCUT2D eigenvalue weighted by Gasteiger charge is 2.21. The van der Waals surface area contributed by atoms with Gasteiger partial charge in [0.1, 0.15) is 5.75 Å². The number of aryl methyl sites for hydroxylation is 4. The highest BCUT2D eigenvalue weighted by atomic mass is 16.5. The highest BCUT2D eigenvalue weighted by molar-refractivity contribution is 5.81. The van der Waals surface area contributed by atoms with Crippen molar-refractivity contribution >= 4 is 5.91 Å². The first-order chi connectivity index (χ1) is 11.8. The quantitative estimate of drug-likeness (QED) is 0.808. The van der Waals surface area contributed by atoms with Gasteiger partial charge in [-0.3, -0.25) is 4.79 Å². The third-order valence-electron chi connectivity index (χ3n) is 4.39. The van der Waals surface area contributed by atoms with Crippen molar-refractivity contribution in [2.45, 2.75) is 60.1 Å². The number of benzene rings is 2. The second-order valence-corrected chi connectivity index (χ2v) is 6.93. The van der Waals surface area contributed by atoms with Crippen LogP contribution in [-0.4, -0.2) is 12.0 Å². The van der Waals surface area contributed by atoms with E-state index >= 15 is 0 Å². The van der Waals surface area contributed by atoms with Crippen molar-refractivity contribution in [2.75, 3.05) is 0 Å². The molecule has 0 aliphatic rings. The first kappa shape index (κ1) is 19.0. The van der Waals surface area contributed by atoms with Crippen LogP contribution >= 0.6 is 0 Å². The molecule has 0 unspecified atom stereocenters. The molecule has 1 amide bonds. The number of hydrogen-bond donors (Lipinski definition) is 1. The Hall–Kier alpha value is -2.29. The van der Waals surface area contributed by atoms with E-state index in [1.807, 2.05) is 39.8 Å². The van der Waals surface area contributed by atoms with Crippen LogP contribution in [0.3, 0.4) is 0 Å². The molecule has 134 valence electrons. The minimum atomic E-state index is -0.491. The van der Waals surface area contributed by atoms with Gasteiger partial charge in [0.15, 0.2) is 6.10 Å². The fourth-order valence-corrected chi connectivity index (χ4v) is 3.18. The summed E-state index contributed by atoms with van der Waals surface area (Å²) >= 11 is 0. The molecular weight excluding hydrogens is 310 g/mol. The molecule has 2 aromatic carbocycles. The summed E-state index contributed by atoms with van der Waals surface area (Å²) in [5.41, 5.74) is 5.82. The molecule has 0 bridgehead atoms. The first-order valence-electron chi connectivity index (χ1n) is 8.92. The van der Waals surface area contributed by atoms with E-state index in [2.05, 4.69) is 43.4 Å². The Morgan fingerprint density at radius 1 is 1.00 bits per heavy atom. The zero-order valence-corrected chi connectivity index (χ0v) is 16.1. The van der Waals surface area contributed by atoms with Gasteiger partial charge in [0, 0.05) is 0 Å². The lowest BCUT2D eigenvalue weighted by molar-refractivity contribution is -0.128. The van der Waals surface area contributed by atoms with Gasteiger partial charge in [0.2, 0.25) is 0 Å². The maximum atomic E-state index is 12.7. The second-order valence-electron chi connectivity index (χ2n) is 6.93. The lowest BCUT2D eigenvalue weighted by Gasteiger charge is -2.22. The largest absolute Gasteiger partial charge is 0.481 e. The van der Waals surface area contributed by atoms with Gasteiger partial charge in [0.25, 0.3) is 5.91 Å². The van der Waals surface area contributed by atoms with Crippen LogP contribution in [0, 0.1) is 27.7 Å². The SMILES string of the molecule is CC[C@@H](Oc1cc(C)cc(C)c1)C(=O)N[C@H](C)c1ccc(C)cc1C.